The van der Waals surface area contributed by atoms with E-state index in [0.29, 0.717) is 30.8 Å². The lowest BCUT2D eigenvalue weighted by Gasteiger charge is -2.33. The number of anilines is 1. The van der Waals surface area contributed by atoms with Gasteiger partial charge in [0.1, 0.15) is 5.82 Å². The highest BCUT2D eigenvalue weighted by atomic mass is 32.2. The Morgan fingerprint density at radius 3 is 2.39 bits per heavy atom. The largest absolute Gasteiger partial charge is 0.356 e. The summed E-state index contributed by atoms with van der Waals surface area (Å²) < 4.78 is 26.2. The number of sulfone groups is 1. The fourth-order valence-corrected chi connectivity index (χ4v) is 6.50. The number of hydrogen-bond acceptors (Lipinski definition) is 6. The van der Waals surface area contributed by atoms with Gasteiger partial charge in [0, 0.05) is 18.5 Å². The summed E-state index contributed by atoms with van der Waals surface area (Å²) in [6.45, 7) is 3.27. The van der Waals surface area contributed by atoms with Gasteiger partial charge >= 0.3 is 0 Å². The van der Waals surface area contributed by atoms with Gasteiger partial charge in [-0.25, -0.2) is 18.4 Å². The molecule has 1 fully saturated rings. The summed E-state index contributed by atoms with van der Waals surface area (Å²) in [6.07, 6.45) is 1.17. The molecule has 158 valence electrons. The van der Waals surface area contributed by atoms with Crippen LogP contribution < -0.4 is 4.90 Å². The molecule has 1 aliphatic heterocycles. The van der Waals surface area contributed by atoms with Gasteiger partial charge in [0.15, 0.2) is 15.7 Å². The van der Waals surface area contributed by atoms with Gasteiger partial charge in [-0.3, -0.25) is 0 Å². The minimum absolute atomic E-state index is 0.365. The highest BCUT2D eigenvalue weighted by molar-refractivity contribution is 7.92. The molecule has 0 atom stereocenters. The summed E-state index contributed by atoms with van der Waals surface area (Å²) in [5.41, 5.74) is 1.97. The molecule has 7 heteroatoms. The Morgan fingerprint density at radius 1 is 0.935 bits per heavy atom. The number of rotatable bonds is 4. The van der Waals surface area contributed by atoms with Crippen molar-refractivity contribution in [2.45, 2.75) is 29.9 Å². The molecule has 2 aromatic heterocycles. The molecule has 1 aliphatic rings. The molecular weight excluding hydrogens is 426 g/mol. The number of fused-ring (bicyclic) bond motifs is 1. The van der Waals surface area contributed by atoms with Crippen molar-refractivity contribution in [2.75, 3.05) is 18.0 Å². The third kappa shape index (κ3) is 3.83. The lowest BCUT2D eigenvalue weighted by molar-refractivity contribution is 0.528. The summed E-state index contributed by atoms with van der Waals surface area (Å²) in [6, 6.07) is 19.2. The monoisotopic (exact) mass is 449 g/mol. The quantitative estimate of drug-likeness (QED) is 0.433. The van der Waals surface area contributed by atoms with Gasteiger partial charge in [-0.05, 0) is 55.5 Å². The van der Waals surface area contributed by atoms with Crippen LogP contribution in [0, 0.1) is 6.92 Å². The minimum Gasteiger partial charge on any atom is -0.356 e. The number of piperidine rings is 1. The van der Waals surface area contributed by atoms with E-state index in [1.165, 1.54) is 0 Å². The van der Waals surface area contributed by atoms with Crippen LogP contribution in [-0.2, 0) is 9.84 Å². The highest BCUT2D eigenvalue weighted by Crippen LogP contribution is 2.32. The van der Waals surface area contributed by atoms with Crippen molar-refractivity contribution in [2.24, 2.45) is 0 Å². The molecule has 0 bridgehead atoms. The van der Waals surface area contributed by atoms with E-state index in [4.69, 9.17) is 9.97 Å². The van der Waals surface area contributed by atoms with Gasteiger partial charge in [0.2, 0.25) is 0 Å². The molecule has 0 radical (unpaired) electrons. The predicted molar refractivity (Wildman–Crippen MR) is 126 cm³/mol. The molecule has 2 aromatic carbocycles. The van der Waals surface area contributed by atoms with Crippen LogP contribution in [0.2, 0.25) is 0 Å². The zero-order valence-corrected chi connectivity index (χ0v) is 18.9. The number of aryl methyl sites for hydroxylation is 1. The third-order valence-electron chi connectivity index (χ3n) is 5.85. The van der Waals surface area contributed by atoms with Crippen LogP contribution in [0.25, 0.3) is 21.6 Å². The molecule has 0 unspecified atom stereocenters. The first-order valence-electron chi connectivity index (χ1n) is 10.4. The van der Waals surface area contributed by atoms with Crippen LogP contribution in [0.15, 0.2) is 70.9 Å². The van der Waals surface area contributed by atoms with Crippen molar-refractivity contribution in [1.29, 1.82) is 0 Å². The maximum absolute atomic E-state index is 13.1. The summed E-state index contributed by atoms with van der Waals surface area (Å²) in [5.74, 6) is 1.61. The van der Waals surface area contributed by atoms with E-state index in [-0.39, 0.29) is 5.25 Å². The molecule has 0 aliphatic carbocycles. The van der Waals surface area contributed by atoms with Crippen molar-refractivity contribution >= 4 is 37.9 Å². The molecule has 0 N–H and O–H groups in total. The first-order chi connectivity index (χ1) is 15.0. The number of nitrogens with zero attached hydrogens (tertiary/aromatic N) is 3. The first kappa shape index (κ1) is 20.2. The van der Waals surface area contributed by atoms with Gasteiger partial charge in [-0.15, -0.1) is 11.3 Å². The van der Waals surface area contributed by atoms with Gasteiger partial charge in [-0.1, -0.05) is 35.9 Å². The van der Waals surface area contributed by atoms with Crippen molar-refractivity contribution in [3.63, 3.8) is 0 Å². The second-order valence-electron chi connectivity index (χ2n) is 7.91. The van der Waals surface area contributed by atoms with E-state index in [2.05, 4.69) is 4.90 Å². The molecule has 5 rings (SSSR count). The maximum Gasteiger partial charge on any atom is 0.181 e. The molecular formula is C24H23N3O2S2. The van der Waals surface area contributed by atoms with E-state index in [1.807, 2.05) is 60.8 Å². The second kappa shape index (κ2) is 8.05. The molecule has 3 heterocycles. The van der Waals surface area contributed by atoms with E-state index < -0.39 is 9.84 Å². The average Bonchev–Trinajstić information content (AvgIpc) is 3.34. The predicted octanol–water partition coefficient (Wildman–Crippen LogP) is 5.11. The van der Waals surface area contributed by atoms with Crippen molar-refractivity contribution in [3.8, 4) is 10.7 Å². The van der Waals surface area contributed by atoms with Gasteiger partial charge in [-0.2, -0.15) is 0 Å². The van der Waals surface area contributed by atoms with Crippen molar-refractivity contribution in [1.82, 2.24) is 9.97 Å². The fraction of sp³-hybridized carbons (Fsp3) is 0.250. The number of benzene rings is 2. The zero-order valence-electron chi connectivity index (χ0n) is 17.2. The minimum atomic E-state index is -3.33. The van der Waals surface area contributed by atoms with Crippen LogP contribution in [0.5, 0.6) is 0 Å². The van der Waals surface area contributed by atoms with Gasteiger partial charge < -0.3 is 4.90 Å². The lowest BCUT2D eigenvalue weighted by Crippen LogP contribution is -2.40. The third-order valence-corrected chi connectivity index (χ3v) is 9.00. The summed E-state index contributed by atoms with van der Waals surface area (Å²) in [5, 5.41) is 2.66. The first-order valence-corrected chi connectivity index (χ1v) is 12.8. The Bertz CT molecular complexity index is 1310. The average molecular weight is 450 g/mol. The van der Waals surface area contributed by atoms with Crippen LogP contribution in [0.3, 0.4) is 0 Å². The maximum atomic E-state index is 13.1. The Kier molecular flexibility index (Phi) is 5.24. The Hall–Kier alpha value is -2.77. The fourth-order valence-electron chi connectivity index (χ4n) is 4.12. The van der Waals surface area contributed by atoms with Crippen molar-refractivity contribution < 1.29 is 8.42 Å². The van der Waals surface area contributed by atoms with E-state index >= 15 is 0 Å². The normalized spacial score (nSPS) is 15.5. The molecule has 31 heavy (non-hydrogen) atoms. The molecule has 0 spiro atoms. The Morgan fingerprint density at radius 2 is 1.68 bits per heavy atom. The second-order valence-corrected chi connectivity index (χ2v) is 11.1. The van der Waals surface area contributed by atoms with Gasteiger partial charge in [0.05, 0.1) is 20.5 Å². The Labute approximate surface area is 186 Å². The summed E-state index contributed by atoms with van der Waals surface area (Å²) in [4.78, 5) is 13.3. The molecule has 5 nitrogen and oxygen atoms in total. The smallest absolute Gasteiger partial charge is 0.181 e. The Balaban J connectivity index is 1.43. The standard InChI is InChI=1S/C24H23N3O2S2/c1-17-8-10-18(11-9-17)31(28,29)19-12-14-27(15-13-19)24-20-5-2-3-6-21(20)25-23(26-24)22-7-4-16-30-22/h2-11,16,19H,12-15H2,1H3. The van der Waals surface area contributed by atoms with E-state index in [1.54, 1.807) is 23.5 Å². The van der Waals surface area contributed by atoms with E-state index in [0.717, 1.165) is 33.0 Å². The van der Waals surface area contributed by atoms with Gasteiger partial charge in [0.25, 0.3) is 0 Å². The number of thiophene rings is 1. The van der Waals surface area contributed by atoms with Crippen LogP contribution in [0.4, 0.5) is 5.82 Å². The SMILES string of the molecule is Cc1ccc(S(=O)(=O)C2CCN(c3nc(-c4cccs4)nc4ccccc34)CC2)cc1. The van der Waals surface area contributed by atoms with Crippen LogP contribution >= 0.6 is 11.3 Å². The van der Waals surface area contributed by atoms with Crippen molar-refractivity contribution in [3.05, 3.63) is 71.6 Å². The molecule has 0 saturated carbocycles. The number of aromatic nitrogens is 2. The van der Waals surface area contributed by atoms with Crippen LogP contribution in [-0.4, -0.2) is 36.7 Å². The molecule has 4 aromatic rings. The summed E-state index contributed by atoms with van der Waals surface area (Å²) in [7, 11) is -3.33. The van der Waals surface area contributed by atoms with Crippen LogP contribution in [0.1, 0.15) is 18.4 Å². The number of hydrogen-bond donors (Lipinski definition) is 0. The molecule has 1 saturated heterocycles. The highest BCUT2D eigenvalue weighted by Gasteiger charge is 2.32. The topological polar surface area (TPSA) is 63.2 Å². The summed E-state index contributed by atoms with van der Waals surface area (Å²) >= 11 is 1.62. The molecule has 0 amide bonds. The van der Waals surface area contributed by atoms with E-state index in [9.17, 15) is 8.42 Å². The lowest BCUT2D eigenvalue weighted by atomic mass is 10.1. The zero-order chi connectivity index (χ0) is 21.4. The number of para-hydroxylation sites is 1.